The summed E-state index contributed by atoms with van der Waals surface area (Å²) < 4.78 is 5.34. The molecule has 2 saturated heterocycles. The maximum absolute atomic E-state index is 12.4. The maximum Gasteiger partial charge on any atom is 0.317 e. The van der Waals surface area contributed by atoms with Gasteiger partial charge in [0.1, 0.15) is 5.02 Å². The fourth-order valence-corrected chi connectivity index (χ4v) is 5.40. The van der Waals surface area contributed by atoms with Crippen molar-refractivity contribution < 1.29 is 9.53 Å². The summed E-state index contributed by atoms with van der Waals surface area (Å²) in [6.45, 7) is 10.2. The molecule has 2 amide bonds. The molecular formula is C23H37Cl2N7O2. The van der Waals surface area contributed by atoms with E-state index in [1.807, 2.05) is 11.8 Å². The number of morpholine rings is 1. The van der Waals surface area contributed by atoms with Gasteiger partial charge in [-0.1, -0.05) is 23.2 Å². The number of carbonyl (C=O) groups excluding carboxylic acids is 1. The maximum atomic E-state index is 12.4. The van der Waals surface area contributed by atoms with Crippen molar-refractivity contribution in [2.24, 2.45) is 5.92 Å². The fraction of sp³-hybridized carbons (Fsp3) is 0.783. The van der Waals surface area contributed by atoms with Crippen LogP contribution >= 0.6 is 23.2 Å². The Hall–Kier alpha value is -1.55. The van der Waals surface area contributed by atoms with Crippen LogP contribution in [0.5, 0.6) is 0 Å². The number of piperazine rings is 1. The Morgan fingerprint density at radius 3 is 2.41 bits per heavy atom. The van der Waals surface area contributed by atoms with Crippen LogP contribution in [0.1, 0.15) is 39.0 Å². The predicted octanol–water partition coefficient (Wildman–Crippen LogP) is 3.33. The first kappa shape index (κ1) is 25.5. The zero-order valence-electron chi connectivity index (χ0n) is 20.1. The van der Waals surface area contributed by atoms with Gasteiger partial charge in [0.05, 0.1) is 13.2 Å². The standard InChI is InChI=1S/C23H37Cl2N7O2/c1-2-26-22-28-20(25)19(24)21(29-22)31-11-9-30(10-12-31)8-7-17-3-5-18(6-4-17)27-23(33)32-13-15-34-16-14-32/h17-18H,2-16H2,1H3,(H,27,33)(H,26,28,29)/t17-,18-. The van der Waals surface area contributed by atoms with Gasteiger partial charge in [-0.25, -0.2) is 4.79 Å². The van der Waals surface area contributed by atoms with Gasteiger partial charge in [-0.05, 0) is 51.5 Å². The summed E-state index contributed by atoms with van der Waals surface area (Å²) in [5.41, 5.74) is 0. The molecule has 2 N–H and O–H groups in total. The summed E-state index contributed by atoms with van der Waals surface area (Å²) in [6, 6.07) is 0.388. The van der Waals surface area contributed by atoms with E-state index >= 15 is 0 Å². The molecule has 34 heavy (non-hydrogen) atoms. The molecule has 0 spiro atoms. The SMILES string of the molecule is CCNc1nc(Cl)c(Cl)c(N2CCN(CC[C@H]3CC[C@H](NC(=O)N4CCOCC4)CC3)CC2)n1. The van der Waals surface area contributed by atoms with Gasteiger partial charge in [0.15, 0.2) is 11.0 Å². The molecule has 0 radical (unpaired) electrons. The highest BCUT2D eigenvalue weighted by Crippen LogP contribution is 2.32. The normalized spacial score (nSPS) is 24.2. The topological polar surface area (TPSA) is 85.9 Å². The third-order valence-corrected chi connectivity index (χ3v) is 7.84. The first-order valence-corrected chi connectivity index (χ1v) is 13.4. The van der Waals surface area contributed by atoms with Crippen molar-refractivity contribution in [3.8, 4) is 0 Å². The highest BCUT2D eigenvalue weighted by atomic mass is 35.5. The minimum Gasteiger partial charge on any atom is -0.378 e. The molecule has 2 aliphatic heterocycles. The number of amides is 2. The van der Waals surface area contributed by atoms with Gasteiger partial charge >= 0.3 is 6.03 Å². The molecule has 1 aromatic rings. The molecule has 3 heterocycles. The van der Waals surface area contributed by atoms with Crippen LogP contribution in [0.25, 0.3) is 0 Å². The number of nitrogens with zero attached hydrogens (tertiary/aromatic N) is 5. The van der Waals surface area contributed by atoms with Gasteiger partial charge in [-0.3, -0.25) is 4.90 Å². The number of halogens is 2. The summed E-state index contributed by atoms with van der Waals surface area (Å²) in [6.07, 6.45) is 5.76. The van der Waals surface area contributed by atoms with Gasteiger partial charge in [-0.15, -0.1) is 0 Å². The van der Waals surface area contributed by atoms with E-state index in [4.69, 9.17) is 27.9 Å². The van der Waals surface area contributed by atoms with E-state index in [0.29, 0.717) is 48.5 Å². The summed E-state index contributed by atoms with van der Waals surface area (Å²) in [5, 5.41) is 7.07. The monoisotopic (exact) mass is 513 g/mol. The highest BCUT2D eigenvalue weighted by Gasteiger charge is 2.27. The number of ether oxygens (including phenoxy) is 1. The zero-order chi connectivity index (χ0) is 23.9. The minimum atomic E-state index is 0.0762. The van der Waals surface area contributed by atoms with Gasteiger partial charge in [0.2, 0.25) is 5.95 Å². The van der Waals surface area contributed by atoms with Crippen molar-refractivity contribution in [1.29, 1.82) is 0 Å². The van der Waals surface area contributed by atoms with Crippen LogP contribution in [0.3, 0.4) is 0 Å². The van der Waals surface area contributed by atoms with Crippen LogP contribution in [0, 0.1) is 5.92 Å². The van der Waals surface area contributed by atoms with Crippen molar-refractivity contribution in [2.45, 2.75) is 45.1 Å². The number of urea groups is 1. The third-order valence-electron chi connectivity index (χ3n) is 7.13. The molecule has 0 aromatic carbocycles. The molecule has 1 saturated carbocycles. The molecule has 3 aliphatic rings. The minimum absolute atomic E-state index is 0.0762. The average Bonchev–Trinajstić information content (AvgIpc) is 2.87. The summed E-state index contributed by atoms with van der Waals surface area (Å²) in [7, 11) is 0. The lowest BCUT2D eigenvalue weighted by atomic mass is 9.84. The van der Waals surface area contributed by atoms with E-state index in [2.05, 4.69) is 30.4 Å². The molecule has 0 unspecified atom stereocenters. The van der Waals surface area contributed by atoms with Gasteiger partial charge < -0.3 is 25.2 Å². The first-order chi connectivity index (χ1) is 16.5. The van der Waals surface area contributed by atoms with E-state index in [-0.39, 0.29) is 6.03 Å². The fourth-order valence-electron chi connectivity index (χ4n) is 5.03. The van der Waals surface area contributed by atoms with Crippen molar-refractivity contribution in [2.75, 3.05) is 75.8 Å². The van der Waals surface area contributed by atoms with E-state index in [1.54, 1.807) is 0 Å². The Balaban J connectivity index is 1.16. The van der Waals surface area contributed by atoms with Crippen LogP contribution in [0.15, 0.2) is 0 Å². The largest absolute Gasteiger partial charge is 0.378 e. The van der Waals surface area contributed by atoms with Crippen LogP contribution in [0.4, 0.5) is 16.6 Å². The number of rotatable bonds is 7. The molecule has 1 aromatic heterocycles. The van der Waals surface area contributed by atoms with Crippen LogP contribution in [-0.4, -0.2) is 97.4 Å². The first-order valence-electron chi connectivity index (χ1n) is 12.6. The van der Waals surface area contributed by atoms with Crippen molar-refractivity contribution >= 4 is 41.0 Å². The number of hydrogen-bond donors (Lipinski definition) is 2. The molecular weight excluding hydrogens is 477 g/mol. The molecule has 11 heteroatoms. The van der Waals surface area contributed by atoms with E-state index in [1.165, 1.54) is 19.3 Å². The molecule has 9 nitrogen and oxygen atoms in total. The lowest BCUT2D eigenvalue weighted by molar-refractivity contribution is 0.0519. The second-order valence-corrected chi connectivity index (χ2v) is 10.1. The number of carbonyl (C=O) groups is 1. The summed E-state index contributed by atoms with van der Waals surface area (Å²) in [4.78, 5) is 27.8. The van der Waals surface area contributed by atoms with E-state index < -0.39 is 0 Å². The van der Waals surface area contributed by atoms with Crippen molar-refractivity contribution in [3.63, 3.8) is 0 Å². The summed E-state index contributed by atoms with van der Waals surface area (Å²) in [5.74, 6) is 1.98. The van der Waals surface area contributed by atoms with Gasteiger partial charge in [0, 0.05) is 51.9 Å². The Labute approximate surface area is 212 Å². The van der Waals surface area contributed by atoms with Crippen molar-refractivity contribution in [3.05, 3.63) is 10.2 Å². The quantitative estimate of drug-likeness (QED) is 0.540. The van der Waals surface area contributed by atoms with Crippen molar-refractivity contribution in [1.82, 2.24) is 25.1 Å². The molecule has 4 rings (SSSR count). The zero-order valence-corrected chi connectivity index (χ0v) is 21.6. The smallest absolute Gasteiger partial charge is 0.317 e. The molecule has 1 aliphatic carbocycles. The van der Waals surface area contributed by atoms with Crippen LogP contribution < -0.4 is 15.5 Å². The Kier molecular flexibility index (Phi) is 9.33. The second kappa shape index (κ2) is 12.4. The number of anilines is 2. The van der Waals surface area contributed by atoms with E-state index in [9.17, 15) is 4.79 Å². The summed E-state index contributed by atoms with van der Waals surface area (Å²) >= 11 is 12.6. The predicted molar refractivity (Wildman–Crippen MR) is 136 cm³/mol. The Morgan fingerprint density at radius 2 is 1.74 bits per heavy atom. The van der Waals surface area contributed by atoms with E-state index in [0.717, 1.165) is 63.8 Å². The number of aromatic nitrogens is 2. The molecule has 190 valence electrons. The molecule has 0 bridgehead atoms. The lowest BCUT2D eigenvalue weighted by Crippen LogP contribution is -2.50. The van der Waals surface area contributed by atoms with Gasteiger partial charge in [0.25, 0.3) is 0 Å². The average molecular weight is 515 g/mol. The highest BCUT2D eigenvalue weighted by molar-refractivity contribution is 6.42. The number of hydrogen-bond acceptors (Lipinski definition) is 7. The van der Waals surface area contributed by atoms with Crippen LogP contribution in [-0.2, 0) is 4.74 Å². The number of nitrogens with one attached hydrogen (secondary N) is 2. The third kappa shape index (κ3) is 6.77. The van der Waals surface area contributed by atoms with Crippen LogP contribution in [0.2, 0.25) is 10.2 Å². The van der Waals surface area contributed by atoms with Gasteiger partial charge in [-0.2, -0.15) is 9.97 Å². The molecule has 3 fully saturated rings. The lowest BCUT2D eigenvalue weighted by Gasteiger charge is -2.37. The molecule has 0 atom stereocenters. The Morgan fingerprint density at radius 1 is 1.03 bits per heavy atom. The Bertz CT molecular complexity index is 809. The second-order valence-electron chi connectivity index (χ2n) is 9.39.